The Balaban J connectivity index is 2.04. The van der Waals surface area contributed by atoms with Crippen LogP contribution in [0.5, 0.6) is 5.75 Å². The van der Waals surface area contributed by atoms with Crippen molar-refractivity contribution in [2.45, 2.75) is 47.5 Å². The second-order valence-electron chi connectivity index (χ2n) is 7.90. The molecule has 5 heteroatoms. The predicted molar refractivity (Wildman–Crippen MR) is 128 cm³/mol. The van der Waals surface area contributed by atoms with Crippen molar-refractivity contribution < 1.29 is 9.53 Å². The van der Waals surface area contributed by atoms with Crippen molar-refractivity contribution in [2.75, 3.05) is 13.7 Å². The summed E-state index contributed by atoms with van der Waals surface area (Å²) in [6.45, 7) is 13.0. The maximum atomic E-state index is 13.1. The van der Waals surface area contributed by atoms with Gasteiger partial charge in [0.15, 0.2) is 5.17 Å². The molecular weight excluding hydrogens is 392 g/mol. The Kier molecular flexibility index (Phi) is 6.71. The van der Waals surface area contributed by atoms with Crippen LogP contribution in [-0.2, 0) is 4.79 Å². The number of amidine groups is 1. The second-order valence-corrected chi connectivity index (χ2v) is 8.91. The van der Waals surface area contributed by atoms with E-state index in [2.05, 4.69) is 52.0 Å². The fourth-order valence-electron chi connectivity index (χ4n) is 3.59. The third-order valence-corrected chi connectivity index (χ3v) is 6.38. The second kappa shape index (κ2) is 9.09. The Labute approximate surface area is 184 Å². The van der Waals surface area contributed by atoms with E-state index in [1.165, 1.54) is 11.8 Å². The van der Waals surface area contributed by atoms with Gasteiger partial charge in [-0.1, -0.05) is 32.0 Å². The lowest BCUT2D eigenvalue weighted by atomic mass is 9.96. The third-order valence-electron chi connectivity index (χ3n) is 5.38. The molecule has 1 amide bonds. The zero-order chi connectivity index (χ0) is 22.0. The molecular formula is C25H30N2O2S. The van der Waals surface area contributed by atoms with Crippen LogP contribution in [0.25, 0.3) is 6.08 Å². The number of methoxy groups -OCH3 is 1. The van der Waals surface area contributed by atoms with E-state index >= 15 is 0 Å². The van der Waals surface area contributed by atoms with Crippen molar-refractivity contribution in [3.05, 3.63) is 63.1 Å². The molecule has 1 heterocycles. The van der Waals surface area contributed by atoms with E-state index in [1.807, 2.05) is 26.0 Å². The minimum atomic E-state index is 0.00815. The van der Waals surface area contributed by atoms with E-state index in [-0.39, 0.29) is 5.91 Å². The summed E-state index contributed by atoms with van der Waals surface area (Å²) < 4.78 is 5.55. The highest BCUT2D eigenvalue weighted by atomic mass is 32.2. The van der Waals surface area contributed by atoms with Gasteiger partial charge >= 0.3 is 0 Å². The van der Waals surface area contributed by atoms with Crippen molar-refractivity contribution in [3.8, 4) is 5.75 Å². The lowest BCUT2D eigenvalue weighted by Gasteiger charge is -2.15. The Bertz CT molecular complexity index is 1020. The molecule has 0 atom stereocenters. The SMILES string of the molecule is CCN1C(=O)/C(=C\c2cc(C(C)C)c(OC)cc2C)SC1=Nc1c(C)cccc1C. The number of amides is 1. The number of para-hydroxylation sites is 1. The lowest BCUT2D eigenvalue weighted by molar-refractivity contribution is -0.122. The van der Waals surface area contributed by atoms with E-state index in [0.717, 1.165) is 44.4 Å². The smallest absolute Gasteiger partial charge is 0.266 e. The van der Waals surface area contributed by atoms with Crippen LogP contribution in [0, 0.1) is 20.8 Å². The first kappa shape index (κ1) is 22.2. The fourth-order valence-corrected chi connectivity index (χ4v) is 4.63. The molecule has 0 spiro atoms. The van der Waals surface area contributed by atoms with Crippen LogP contribution < -0.4 is 4.74 Å². The van der Waals surface area contributed by atoms with Crippen molar-refractivity contribution in [1.82, 2.24) is 4.90 Å². The number of likely N-dealkylation sites (N-methyl/N-ethyl adjacent to an activating group) is 1. The van der Waals surface area contributed by atoms with Crippen LogP contribution >= 0.6 is 11.8 Å². The third kappa shape index (κ3) is 4.31. The average Bonchev–Trinajstić information content (AvgIpc) is 3.00. The normalized spacial score (nSPS) is 16.9. The molecule has 0 aliphatic carbocycles. The number of aryl methyl sites for hydroxylation is 3. The maximum Gasteiger partial charge on any atom is 0.266 e. The van der Waals surface area contributed by atoms with Gasteiger partial charge in [-0.15, -0.1) is 0 Å². The highest BCUT2D eigenvalue weighted by molar-refractivity contribution is 8.18. The molecule has 2 aromatic carbocycles. The zero-order valence-corrected chi connectivity index (χ0v) is 19.7. The zero-order valence-electron chi connectivity index (χ0n) is 18.9. The van der Waals surface area contributed by atoms with Crippen molar-refractivity contribution >= 4 is 34.6 Å². The molecule has 0 saturated carbocycles. The van der Waals surface area contributed by atoms with Gasteiger partial charge in [0.25, 0.3) is 5.91 Å². The van der Waals surface area contributed by atoms with Crippen LogP contribution in [0.2, 0.25) is 0 Å². The molecule has 158 valence electrons. The monoisotopic (exact) mass is 422 g/mol. The fraction of sp³-hybridized carbons (Fsp3) is 0.360. The van der Waals surface area contributed by atoms with Gasteiger partial charge in [0.1, 0.15) is 5.75 Å². The summed E-state index contributed by atoms with van der Waals surface area (Å²) >= 11 is 1.45. The van der Waals surface area contributed by atoms with Gasteiger partial charge in [-0.3, -0.25) is 9.69 Å². The summed E-state index contributed by atoms with van der Waals surface area (Å²) in [7, 11) is 1.70. The number of benzene rings is 2. The van der Waals surface area contributed by atoms with Crippen LogP contribution in [0.15, 0.2) is 40.2 Å². The number of aliphatic imine (C=N–C) groups is 1. The number of rotatable bonds is 5. The molecule has 1 aliphatic heterocycles. The van der Waals surface area contributed by atoms with Gasteiger partial charge in [-0.05, 0) is 91.4 Å². The number of thioether (sulfide) groups is 1. The molecule has 1 saturated heterocycles. The minimum Gasteiger partial charge on any atom is -0.496 e. The van der Waals surface area contributed by atoms with E-state index < -0.39 is 0 Å². The van der Waals surface area contributed by atoms with E-state index in [4.69, 9.17) is 9.73 Å². The summed E-state index contributed by atoms with van der Waals surface area (Å²) in [5.74, 6) is 1.23. The summed E-state index contributed by atoms with van der Waals surface area (Å²) in [6.07, 6.45) is 1.99. The molecule has 3 rings (SSSR count). The molecule has 1 aliphatic rings. The molecule has 1 fully saturated rings. The molecule has 0 aromatic heterocycles. The summed E-state index contributed by atoms with van der Waals surface area (Å²) in [6, 6.07) is 10.3. The van der Waals surface area contributed by atoms with Crippen LogP contribution in [0.4, 0.5) is 5.69 Å². The summed E-state index contributed by atoms with van der Waals surface area (Å²) in [5, 5.41) is 0.737. The molecule has 0 N–H and O–H groups in total. The largest absolute Gasteiger partial charge is 0.496 e. The van der Waals surface area contributed by atoms with Crippen LogP contribution in [0.1, 0.15) is 54.5 Å². The van der Waals surface area contributed by atoms with Crippen molar-refractivity contribution in [3.63, 3.8) is 0 Å². The van der Waals surface area contributed by atoms with Gasteiger partial charge in [0, 0.05) is 6.54 Å². The Morgan fingerprint density at radius 1 is 1.13 bits per heavy atom. The van der Waals surface area contributed by atoms with Crippen molar-refractivity contribution in [2.24, 2.45) is 4.99 Å². The van der Waals surface area contributed by atoms with Gasteiger partial charge in [0.2, 0.25) is 0 Å². The van der Waals surface area contributed by atoms with Gasteiger partial charge in [-0.2, -0.15) is 0 Å². The van der Waals surface area contributed by atoms with Gasteiger partial charge in [-0.25, -0.2) is 4.99 Å². The number of nitrogens with zero attached hydrogens (tertiary/aromatic N) is 2. The first-order valence-corrected chi connectivity index (χ1v) is 11.1. The number of hydrogen-bond donors (Lipinski definition) is 0. The Hall–Kier alpha value is -2.53. The van der Waals surface area contributed by atoms with Crippen LogP contribution in [-0.4, -0.2) is 29.6 Å². The number of carbonyl (C=O) groups excluding carboxylic acids is 1. The number of ether oxygens (including phenoxy) is 1. The van der Waals surface area contributed by atoms with Crippen LogP contribution in [0.3, 0.4) is 0 Å². The first-order chi connectivity index (χ1) is 14.3. The van der Waals surface area contributed by atoms with Gasteiger partial charge < -0.3 is 4.74 Å². The average molecular weight is 423 g/mol. The molecule has 4 nitrogen and oxygen atoms in total. The van der Waals surface area contributed by atoms with Gasteiger partial charge in [0.05, 0.1) is 17.7 Å². The predicted octanol–water partition coefficient (Wildman–Crippen LogP) is 6.37. The Morgan fingerprint density at radius 2 is 1.80 bits per heavy atom. The topological polar surface area (TPSA) is 41.9 Å². The van der Waals surface area contributed by atoms with E-state index in [1.54, 1.807) is 12.0 Å². The summed E-state index contributed by atoms with van der Waals surface area (Å²) in [4.78, 5) is 20.4. The standard InChI is InChI=1S/C25H30N2O2S/c1-8-27-24(28)22(30-25(27)26-23-16(4)10-9-11-17(23)5)14-19-13-20(15(2)3)21(29-7)12-18(19)6/h9-15H,8H2,1-7H3/b22-14+,26-25?. The number of hydrogen-bond acceptors (Lipinski definition) is 4. The molecule has 30 heavy (non-hydrogen) atoms. The number of carbonyl (C=O) groups is 1. The lowest BCUT2D eigenvalue weighted by Crippen LogP contribution is -2.28. The summed E-state index contributed by atoms with van der Waals surface area (Å²) in [5.41, 5.74) is 6.42. The molecule has 0 unspecified atom stereocenters. The molecule has 2 aromatic rings. The van der Waals surface area contributed by atoms with E-state index in [9.17, 15) is 4.79 Å². The first-order valence-electron chi connectivity index (χ1n) is 10.3. The highest BCUT2D eigenvalue weighted by Crippen LogP contribution is 2.37. The Morgan fingerprint density at radius 3 is 2.37 bits per heavy atom. The maximum absolute atomic E-state index is 13.1. The molecule has 0 bridgehead atoms. The van der Waals surface area contributed by atoms with Crippen molar-refractivity contribution in [1.29, 1.82) is 0 Å². The quantitative estimate of drug-likeness (QED) is 0.526. The molecule has 0 radical (unpaired) electrons. The highest BCUT2D eigenvalue weighted by Gasteiger charge is 2.32. The minimum absolute atomic E-state index is 0.00815. The van der Waals surface area contributed by atoms with E-state index in [0.29, 0.717) is 17.4 Å².